The van der Waals surface area contributed by atoms with Crippen LogP contribution in [0.25, 0.3) is 0 Å². The second-order valence-electron chi connectivity index (χ2n) is 3.89. The maximum Gasteiger partial charge on any atom is 0.251 e. The van der Waals surface area contributed by atoms with Gasteiger partial charge in [0.1, 0.15) is 5.82 Å². The van der Waals surface area contributed by atoms with Gasteiger partial charge in [0.25, 0.3) is 5.91 Å². The Balaban J connectivity index is 2.02. The molecular weight excluding hydrogens is 209 g/mol. The molecule has 0 bridgehead atoms. The van der Waals surface area contributed by atoms with E-state index in [-0.39, 0.29) is 23.5 Å². The van der Waals surface area contributed by atoms with Gasteiger partial charge in [-0.25, -0.2) is 4.39 Å². The largest absolute Gasteiger partial charge is 0.342 e. The maximum absolute atomic E-state index is 12.6. The lowest BCUT2D eigenvalue weighted by Crippen LogP contribution is -2.37. The van der Waals surface area contributed by atoms with Crippen LogP contribution in [0.2, 0.25) is 0 Å². The van der Waals surface area contributed by atoms with Gasteiger partial charge in [-0.3, -0.25) is 9.59 Å². The van der Waals surface area contributed by atoms with Gasteiger partial charge < -0.3 is 5.32 Å². The summed E-state index contributed by atoms with van der Waals surface area (Å²) < 4.78 is 12.6. The summed E-state index contributed by atoms with van der Waals surface area (Å²) in [5, 5.41) is 2.65. The number of ketones is 1. The van der Waals surface area contributed by atoms with E-state index in [1.165, 1.54) is 24.3 Å². The molecule has 1 aliphatic carbocycles. The highest BCUT2D eigenvalue weighted by Crippen LogP contribution is 2.15. The summed E-state index contributed by atoms with van der Waals surface area (Å²) in [6.07, 6.45) is 2.06. The van der Waals surface area contributed by atoms with Crippen LogP contribution >= 0.6 is 0 Å². The predicted molar refractivity (Wildman–Crippen MR) is 56.5 cm³/mol. The first kappa shape index (κ1) is 10.8. The van der Waals surface area contributed by atoms with E-state index in [2.05, 4.69) is 5.32 Å². The van der Waals surface area contributed by atoms with Crippen molar-refractivity contribution in [1.82, 2.24) is 5.32 Å². The van der Waals surface area contributed by atoms with Crippen molar-refractivity contribution < 1.29 is 14.0 Å². The standard InChI is InChI=1S/C12H12FNO2/c13-9-6-4-8(5-7-9)12(16)14-10-2-1-3-11(10)15/h4-7,10H,1-3H2,(H,14,16). The fraction of sp³-hybridized carbons (Fsp3) is 0.333. The van der Waals surface area contributed by atoms with Crippen molar-refractivity contribution in [2.75, 3.05) is 0 Å². The fourth-order valence-electron chi connectivity index (χ4n) is 1.81. The summed E-state index contributed by atoms with van der Waals surface area (Å²) in [6.45, 7) is 0. The molecule has 1 N–H and O–H groups in total. The van der Waals surface area contributed by atoms with Crippen LogP contribution in [0.1, 0.15) is 29.6 Å². The first-order chi connectivity index (χ1) is 7.66. The van der Waals surface area contributed by atoms with Crippen molar-refractivity contribution in [1.29, 1.82) is 0 Å². The lowest BCUT2D eigenvalue weighted by molar-refractivity contribution is -0.118. The van der Waals surface area contributed by atoms with Crippen LogP contribution in [0, 0.1) is 5.82 Å². The molecule has 1 unspecified atom stereocenters. The van der Waals surface area contributed by atoms with Gasteiger partial charge in [0, 0.05) is 12.0 Å². The van der Waals surface area contributed by atoms with Crippen LogP contribution in [0.3, 0.4) is 0 Å². The zero-order valence-corrected chi connectivity index (χ0v) is 8.70. The number of hydrogen-bond donors (Lipinski definition) is 1. The van der Waals surface area contributed by atoms with Gasteiger partial charge in [-0.15, -0.1) is 0 Å². The van der Waals surface area contributed by atoms with Crippen LogP contribution in [-0.4, -0.2) is 17.7 Å². The average molecular weight is 221 g/mol. The molecule has 3 nitrogen and oxygen atoms in total. The van der Waals surface area contributed by atoms with Crippen molar-refractivity contribution in [3.63, 3.8) is 0 Å². The van der Waals surface area contributed by atoms with Gasteiger partial charge in [0.2, 0.25) is 0 Å². The molecule has 16 heavy (non-hydrogen) atoms. The van der Waals surface area contributed by atoms with Crippen LogP contribution in [0.4, 0.5) is 4.39 Å². The maximum atomic E-state index is 12.6. The van der Waals surface area contributed by atoms with Crippen molar-refractivity contribution in [2.45, 2.75) is 25.3 Å². The van der Waals surface area contributed by atoms with Crippen LogP contribution in [0.5, 0.6) is 0 Å². The van der Waals surface area contributed by atoms with E-state index in [0.717, 1.165) is 6.42 Å². The van der Waals surface area contributed by atoms with E-state index in [9.17, 15) is 14.0 Å². The quantitative estimate of drug-likeness (QED) is 0.825. The third-order valence-corrected chi connectivity index (χ3v) is 2.72. The SMILES string of the molecule is O=C(NC1CCCC1=O)c1ccc(F)cc1. The molecule has 1 aromatic carbocycles. The zero-order valence-electron chi connectivity index (χ0n) is 8.70. The molecule has 0 aromatic heterocycles. The Labute approximate surface area is 92.7 Å². The lowest BCUT2D eigenvalue weighted by atomic mass is 10.1. The normalized spacial score (nSPS) is 19.8. The summed E-state index contributed by atoms with van der Waals surface area (Å²) in [7, 11) is 0. The predicted octanol–water partition coefficient (Wildman–Crippen LogP) is 1.68. The molecule has 84 valence electrons. The topological polar surface area (TPSA) is 46.2 Å². The molecule has 0 saturated heterocycles. The summed E-state index contributed by atoms with van der Waals surface area (Å²) in [5.74, 6) is -0.621. The van der Waals surface area contributed by atoms with E-state index in [1.807, 2.05) is 0 Å². The summed E-state index contributed by atoms with van der Waals surface area (Å²) >= 11 is 0. The van der Waals surface area contributed by atoms with Crippen LogP contribution in [-0.2, 0) is 4.79 Å². The van der Waals surface area contributed by atoms with Gasteiger partial charge in [-0.2, -0.15) is 0 Å². The average Bonchev–Trinajstić information content (AvgIpc) is 2.65. The second kappa shape index (κ2) is 4.43. The third kappa shape index (κ3) is 2.27. The Kier molecular flexibility index (Phi) is 2.99. The van der Waals surface area contributed by atoms with Gasteiger partial charge in [0.15, 0.2) is 5.78 Å². The number of nitrogens with one attached hydrogen (secondary N) is 1. The number of halogens is 1. The van der Waals surface area contributed by atoms with E-state index < -0.39 is 0 Å². The molecule has 1 aromatic rings. The highest BCUT2D eigenvalue weighted by molar-refractivity contribution is 5.98. The minimum absolute atomic E-state index is 0.0791. The molecule has 1 aliphatic rings. The number of hydrogen-bond acceptors (Lipinski definition) is 2. The summed E-state index contributed by atoms with van der Waals surface area (Å²) in [6, 6.07) is 4.91. The number of carbonyl (C=O) groups is 2. The molecule has 0 radical (unpaired) electrons. The van der Waals surface area contributed by atoms with E-state index in [4.69, 9.17) is 0 Å². The lowest BCUT2D eigenvalue weighted by Gasteiger charge is -2.10. The molecular formula is C12H12FNO2. The fourth-order valence-corrected chi connectivity index (χ4v) is 1.81. The Morgan fingerprint density at radius 1 is 1.31 bits per heavy atom. The summed E-state index contributed by atoms with van der Waals surface area (Å²) in [5.41, 5.74) is 0.376. The van der Waals surface area contributed by atoms with E-state index >= 15 is 0 Å². The number of benzene rings is 1. The molecule has 2 rings (SSSR count). The molecule has 0 heterocycles. The molecule has 0 spiro atoms. The molecule has 4 heteroatoms. The number of amides is 1. The highest BCUT2D eigenvalue weighted by atomic mass is 19.1. The van der Waals surface area contributed by atoms with Crippen molar-refractivity contribution in [3.05, 3.63) is 35.6 Å². The molecule has 1 atom stereocenters. The minimum atomic E-state index is -0.381. The van der Waals surface area contributed by atoms with Gasteiger partial charge >= 0.3 is 0 Å². The van der Waals surface area contributed by atoms with Crippen LogP contribution < -0.4 is 5.32 Å². The van der Waals surface area contributed by atoms with Crippen molar-refractivity contribution in [3.8, 4) is 0 Å². The molecule has 1 amide bonds. The Morgan fingerprint density at radius 2 is 2.00 bits per heavy atom. The van der Waals surface area contributed by atoms with Gasteiger partial charge in [-0.05, 0) is 37.1 Å². The van der Waals surface area contributed by atoms with Crippen molar-refractivity contribution >= 4 is 11.7 Å². The van der Waals surface area contributed by atoms with Gasteiger partial charge in [0.05, 0.1) is 6.04 Å². The Morgan fingerprint density at radius 3 is 2.56 bits per heavy atom. The Hall–Kier alpha value is -1.71. The molecule has 0 aliphatic heterocycles. The van der Waals surface area contributed by atoms with Crippen LogP contribution in [0.15, 0.2) is 24.3 Å². The zero-order chi connectivity index (χ0) is 11.5. The van der Waals surface area contributed by atoms with Gasteiger partial charge in [-0.1, -0.05) is 0 Å². The molecule has 1 fully saturated rings. The van der Waals surface area contributed by atoms with Crippen molar-refractivity contribution in [2.24, 2.45) is 0 Å². The molecule has 1 saturated carbocycles. The number of rotatable bonds is 2. The minimum Gasteiger partial charge on any atom is -0.342 e. The first-order valence-corrected chi connectivity index (χ1v) is 5.26. The first-order valence-electron chi connectivity index (χ1n) is 5.26. The highest BCUT2D eigenvalue weighted by Gasteiger charge is 2.25. The van der Waals surface area contributed by atoms with E-state index in [1.54, 1.807) is 0 Å². The Bertz CT molecular complexity index is 414. The number of Topliss-reactive ketones (excluding diaryl/α,β-unsaturated/α-hetero) is 1. The number of carbonyl (C=O) groups excluding carboxylic acids is 2. The second-order valence-corrected chi connectivity index (χ2v) is 3.89. The monoisotopic (exact) mass is 221 g/mol. The third-order valence-electron chi connectivity index (χ3n) is 2.72. The van der Waals surface area contributed by atoms with E-state index in [0.29, 0.717) is 18.4 Å². The summed E-state index contributed by atoms with van der Waals surface area (Å²) in [4.78, 5) is 23.0. The smallest absolute Gasteiger partial charge is 0.251 e.